The molecule has 0 spiro atoms. The van der Waals surface area contributed by atoms with Gasteiger partial charge in [0.15, 0.2) is 0 Å². The van der Waals surface area contributed by atoms with E-state index < -0.39 is 6.04 Å². The highest BCUT2D eigenvalue weighted by molar-refractivity contribution is 5.81. The largest absolute Gasteiger partial charge is 0.351 e. The van der Waals surface area contributed by atoms with Crippen LogP contribution in [-0.2, 0) is 17.8 Å². The van der Waals surface area contributed by atoms with E-state index in [1.54, 1.807) is 24.5 Å². The van der Waals surface area contributed by atoms with Crippen LogP contribution in [0.3, 0.4) is 0 Å². The third kappa shape index (κ3) is 5.26. The standard InChI is InChI=1S/C17H20FN3O/c18-15-8-6-13(7-9-15)3-1-5-16(19)17(22)21-12-14-4-2-10-20-11-14/h2,4,6-11,16H,1,3,5,12,19H2,(H,21,22). The lowest BCUT2D eigenvalue weighted by molar-refractivity contribution is -0.122. The molecular weight excluding hydrogens is 281 g/mol. The van der Waals surface area contributed by atoms with Crippen molar-refractivity contribution in [3.8, 4) is 0 Å². The summed E-state index contributed by atoms with van der Waals surface area (Å²) in [6.45, 7) is 0.429. The Hall–Kier alpha value is -2.27. The molecule has 1 aromatic carbocycles. The molecule has 4 nitrogen and oxygen atoms in total. The van der Waals surface area contributed by atoms with Crippen LogP contribution in [0.25, 0.3) is 0 Å². The predicted octanol–water partition coefficient (Wildman–Crippen LogP) is 2.19. The zero-order chi connectivity index (χ0) is 15.8. The Morgan fingerprint density at radius 1 is 1.23 bits per heavy atom. The number of halogens is 1. The van der Waals surface area contributed by atoms with E-state index in [2.05, 4.69) is 10.3 Å². The number of nitrogens with one attached hydrogen (secondary N) is 1. The predicted molar refractivity (Wildman–Crippen MR) is 83.4 cm³/mol. The maximum atomic E-state index is 12.8. The molecule has 116 valence electrons. The summed E-state index contributed by atoms with van der Waals surface area (Å²) >= 11 is 0. The molecular formula is C17H20FN3O. The summed E-state index contributed by atoms with van der Waals surface area (Å²) < 4.78 is 12.8. The van der Waals surface area contributed by atoms with E-state index in [1.165, 1.54) is 12.1 Å². The maximum Gasteiger partial charge on any atom is 0.237 e. The number of aryl methyl sites for hydroxylation is 1. The van der Waals surface area contributed by atoms with Crippen LogP contribution in [0.15, 0.2) is 48.8 Å². The Kier molecular flexibility index (Phi) is 6.03. The van der Waals surface area contributed by atoms with E-state index in [4.69, 9.17) is 5.73 Å². The van der Waals surface area contributed by atoms with Crippen LogP contribution in [-0.4, -0.2) is 16.9 Å². The molecule has 1 amide bonds. The van der Waals surface area contributed by atoms with E-state index in [0.29, 0.717) is 13.0 Å². The Balaban J connectivity index is 1.69. The number of rotatable bonds is 7. The summed E-state index contributed by atoms with van der Waals surface area (Å²) in [5, 5.41) is 2.80. The second-order valence-corrected chi connectivity index (χ2v) is 5.20. The smallest absolute Gasteiger partial charge is 0.237 e. The average Bonchev–Trinajstić information content (AvgIpc) is 2.55. The zero-order valence-electron chi connectivity index (χ0n) is 12.3. The first-order valence-electron chi connectivity index (χ1n) is 7.32. The van der Waals surface area contributed by atoms with Gasteiger partial charge in [-0.3, -0.25) is 9.78 Å². The Bertz CT molecular complexity index is 587. The van der Waals surface area contributed by atoms with Crippen molar-refractivity contribution in [2.24, 2.45) is 5.73 Å². The highest BCUT2D eigenvalue weighted by Crippen LogP contribution is 2.08. The Labute approximate surface area is 129 Å². The highest BCUT2D eigenvalue weighted by atomic mass is 19.1. The van der Waals surface area contributed by atoms with Crippen LogP contribution in [0.4, 0.5) is 4.39 Å². The van der Waals surface area contributed by atoms with E-state index >= 15 is 0 Å². The number of nitrogens with zero attached hydrogens (tertiary/aromatic N) is 1. The normalized spacial score (nSPS) is 11.9. The van der Waals surface area contributed by atoms with Crippen LogP contribution in [0.5, 0.6) is 0 Å². The number of nitrogens with two attached hydrogens (primary N) is 1. The second kappa shape index (κ2) is 8.24. The van der Waals surface area contributed by atoms with Crippen LogP contribution in [0.1, 0.15) is 24.0 Å². The van der Waals surface area contributed by atoms with Gasteiger partial charge in [-0.2, -0.15) is 0 Å². The average molecular weight is 301 g/mol. The molecule has 0 saturated heterocycles. The molecule has 22 heavy (non-hydrogen) atoms. The van der Waals surface area contributed by atoms with Crippen LogP contribution in [0.2, 0.25) is 0 Å². The molecule has 0 radical (unpaired) electrons. The minimum Gasteiger partial charge on any atom is -0.351 e. The molecule has 0 aliphatic rings. The van der Waals surface area contributed by atoms with Crippen LogP contribution >= 0.6 is 0 Å². The molecule has 1 heterocycles. The summed E-state index contributed by atoms with van der Waals surface area (Å²) in [7, 11) is 0. The fourth-order valence-corrected chi connectivity index (χ4v) is 2.13. The second-order valence-electron chi connectivity index (χ2n) is 5.20. The van der Waals surface area contributed by atoms with Crippen molar-refractivity contribution >= 4 is 5.91 Å². The molecule has 0 aliphatic heterocycles. The van der Waals surface area contributed by atoms with Crippen molar-refractivity contribution in [2.75, 3.05) is 0 Å². The van der Waals surface area contributed by atoms with Crippen molar-refractivity contribution in [2.45, 2.75) is 31.8 Å². The number of hydrogen-bond donors (Lipinski definition) is 2. The van der Waals surface area contributed by atoms with E-state index in [9.17, 15) is 9.18 Å². The van der Waals surface area contributed by atoms with Gasteiger partial charge in [0.2, 0.25) is 5.91 Å². The monoisotopic (exact) mass is 301 g/mol. The lowest BCUT2D eigenvalue weighted by atomic mass is 10.0. The minimum absolute atomic E-state index is 0.164. The lowest BCUT2D eigenvalue weighted by Gasteiger charge is -2.12. The molecule has 0 saturated carbocycles. The summed E-state index contributed by atoms with van der Waals surface area (Å²) in [5.41, 5.74) is 7.87. The Morgan fingerprint density at radius 3 is 2.68 bits per heavy atom. The summed E-state index contributed by atoms with van der Waals surface area (Å²) in [5.74, 6) is -0.404. The van der Waals surface area contributed by atoms with Crippen molar-refractivity contribution in [3.63, 3.8) is 0 Å². The zero-order valence-corrected chi connectivity index (χ0v) is 12.3. The van der Waals surface area contributed by atoms with Gasteiger partial charge in [0, 0.05) is 18.9 Å². The fourth-order valence-electron chi connectivity index (χ4n) is 2.13. The van der Waals surface area contributed by atoms with Crippen LogP contribution < -0.4 is 11.1 Å². The Morgan fingerprint density at radius 2 is 2.00 bits per heavy atom. The van der Waals surface area contributed by atoms with Gasteiger partial charge in [-0.05, 0) is 48.6 Å². The third-order valence-corrected chi connectivity index (χ3v) is 3.42. The molecule has 5 heteroatoms. The fraction of sp³-hybridized carbons (Fsp3) is 0.294. The number of benzene rings is 1. The molecule has 1 unspecified atom stereocenters. The molecule has 0 bridgehead atoms. The van der Waals surface area contributed by atoms with E-state index in [0.717, 1.165) is 24.0 Å². The van der Waals surface area contributed by atoms with Crippen molar-refractivity contribution in [3.05, 3.63) is 65.7 Å². The maximum absolute atomic E-state index is 12.8. The number of amides is 1. The molecule has 2 aromatic rings. The number of carbonyl (C=O) groups is 1. The number of pyridine rings is 1. The number of aromatic nitrogens is 1. The molecule has 0 fully saturated rings. The minimum atomic E-state index is -0.530. The molecule has 3 N–H and O–H groups in total. The summed E-state index contributed by atoms with van der Waals surface area (Å²) in [6.07, 6.45) is 5.56. The molecule has 0 aliphatic carbocycles. The first kappa shape index (κ1) is 16.1. The molecule has 2 rings (SSSR count). The van der Waals surface area contributed by atoms with Gasteiger partial charge in [0.25, 0.3) is 0 Å². The molecule has 1 atom stereocenters. The van der Waals surface area contributed by atoms with E-state index in [-0.39, 0.29) is 11.7 Å². The van der Waals surface area contributed by atoms with Gasteiger partial charge in [0.05, 0.1) is 6.04 Å². The van der Waals surface area contributed by atoms with Gasteiger partial charge in [0.1, 0.15) is 5.82 Å². The van der Waals surface area contributed by atoms with E-state index in [1.807, 2.05) is 12.1 Å². The van der Waals surface area contributed by atoms with Gasteiger partial charge in [-0.25, -0.2) is 4.39 Å². The topological polar surface area (TPSA) is 68.0 Å². The quantitative estimate of drug-likeness (QED) is 0.823. The summed E-state index contributed by atoms with van der Waals surface area (Å²) in [6, 6.07) is 9.58. The number of hydrogen-bond acceptors (Lipinski definition) is 3. The lowest BCUT2D eigenvalue weighted by Crippen LogP contribution is -2.40. The third-order valence-electron chi connectivity index (χ3n) is 3.42. The molecule has 1 aromatic heterocycles. The van der Waals surface area contributed by atoms with Crippen molar-refractivity contribution in [1.82, 2.24) is 10.3 Å². The van der Waals surface area contributed by atoms with Crippen LogP contribution in [0, 0.1) is 5.82 Å². The van der Waals surface area contributed by atoms with Gasteiger partial charge in [-0.1, -0.05) is 18.2 Å². The first-order valence-corrected chi connectivity index (χ1v) is 7.32. The van der Waals surface area contributed by atoms with Gasteiger partial charge < -0.3 is 11.1 Å². The summed E-state index contributed by atoms with van der Waals surface area (Å²) in [4.78, 5) is 15.9. The number of carbonyl (C=O) groups excluding carboxylic acids is 1. The van der Waals surface area contributed by atoms with Crippen molar-refractivity contribution < 1.29 is 9.18 Å². The SMILES string of the molecule is NC(CCCc1ccc(F)cc1)C(=O)NCc1cccnc1. The highest BCUT2D eigenvalue weighted by Gasteiger charge is 2.12. The van der Waals surface area contributed by atoms with Gasteiger partial charge in [-0.15, -0.1) is 0 Å². The van der Waals surface area contributed by atoms with Gasteiger partial charge >= 0.3 is 0 Å². The first-order chi connectivity index (χ1) is 10.6. The van der Waals surface area contributed by atoms with Crippen molar-refractivity contribution in [1.29, 1.82) is 0 Å².